The largest absolute Gasteiger partial charge is 0.399 e. The Balaban J connectivity index is 1.83. The second-order valence-corrected chi connectivity index (χ2v) is 4.91. The van der Waals surface area contributed by atoms with E-state index in [2.05, 4.69) is 22.3 Å². The van der Waals surface area contributed by atoms with Crippen molar-refractivity contribution >= 4 is 22.3 Å². The summed E-state index contributed by atoms with van der Waals surface area (Å²) in [5.41, 5.74) is 8.49. The molecular formula is C15H17N5. The lowest BCUT2D eigenvalue weighted by Gasteiger charge is -2.16. The monoisotopic (exact) mass is 267 g/mol. The predicted molar refractivity (Wildman–Crippen MR) is 81.5 cm³/mol. The van der Waals surface area contributed by atoms with Crippen LogP contribution in [0.5, 0.6) is 0 Å². The van der Waals surface area contributed by atoms with Crippen molar-refractivity contribution in [1.82, 2.24) is 14.8 Å². The van der Waals surface area contributed by atoms with Crippen molar-refractivity contribution in [3.8, 4) is 0 Å². The van der Waals surface area contributed by atoms with Gasteiger partial charge in [0.25, 0.3) is 0 Å². The van der Waals surface area contributed by atoms with Gasteiger partial charge < -0.3 is 11.1 Å². The average Bonchev–Trinajstić information content (AvgIpc) is 2.91. The molecule has 0 aliphatic heterocycles. The standard InChI is InChI=1S/C15H17N5/c1-11(10-20-8-2-6-18-20)19-14-5-7-17-15-9-12(16)3-4-13(14)15/h2-9,11H,10,16H2,1H3,(H,17,19). The van der Waals surface area contributed by atoms with Gasteiger partial charge in [0.2, 0.25) is 0 Å². The molecule has 0 aliphatic carbocycles. The van der Waals surface area contributed by atoms with Gasteiger partial charge in [0.1, 0.15) is 0 Å². The average molecular weight is 267 g/mol. The Morgan fingerprint density at radius 3 is 3.00 bits per heavy atom. The molecular weight excluding hydrogens is 250 g/mol. The lowest BCUT2D eigenvalue weighted by atomic mass is 10.1. The van der Waals surface area contributed by atoms with Gasteiger partial charge in [0.05, 0.1) is 12.1 Å². The van der Waals surface area contributed by atoms with E-state index in [9.17, 15) is 0 Å². The summed E-state index contributed by atoms with van der Waals surface area (Å²) in [6, 6.07) is 9.96. The van der Waals surface area contributed by atoms with Crippen LogP contribution in [0.4, 0.5) is 11.4 Å². The minimum atomic E-state index is 0.262. The molecule has 5 nitrogen and oxygen atoms in total. The van der Waals surface area contributed by atoms with Crippen LogP contribution in [0.2, 0.25) is 0 Å². The zero-order chi connectivity index (χ0) is 13.9. The summed E-state index contributed by atoms with van der Waals surface area (Å²) in [5.74, 6) is 0. The lowest BCUT2D eigenvalue weighted by molar-refractivity contribution is 0.561. The number of aromatic nitrogens is 3. The number of hydrogen-bond donors (Lipinski definition) is 2. The van der Waals surface area contributed by atoms with Crippen LogP contribution in [0.15, 0.2) is 48.9 Å². The highest BCUT2D eigenvalue weighted by Crippen LogP contribution is 2.23. The van der Waals surface area contributed by atoms with Crippen LogP contribution in [0, 0.1) is 0 Å². The van der Waals surface area contributed by atoms with Gasteiger partial charge in [-0.05, 0) is 37.3 Å². The van der Waals surface area contributed by atoms with Gasteiger partial charge in [-0.1, -0.05) is 0 Å². The van der Waals surface area contributed by atoms with Gasteiger partial charge in [-0.15, -0.1) is 0 Å². The molecule has 0 amide bonds. The van der Waals surface area contributed by atoms with E-state index in [-0.39, 0.29) is 6.04 Å². The van der Waals surface area contributed by atoms with Crippen molar-refractivity contribution in [2.75, 3.05) is 11.1 Å². The van der Waals surface area contributed by atoms with Crippen LogP contribution in [0.1, 0.15) is 6.92 Å². The number of nitrogens with zero attached hydrogens (tertiary/aromatic N) is 3. The van der Waals surface area contributed by atoms with E-state index in [4.69, 9.17) is 5.73 Å². The van der Waals surface area contributed by atoms with Crippen LogP contribution >= 0.6 is 0 Å². The van der Waals surface area contributed by atoms with Gasteiger partial charge in [-0.3, -0.25) is 9.67 Å². The SMILES string of the molecule is CC(Cn1cccn1)Nc1ccnc2cc(N)ccc12. The van der Waals surface area contributed by atoms with Crippen molar-refractivity contribution in [3.05, 3.63) is 48.9 Å². The molecule has 3 aromatic rings. The Bertz CT molecular complexity index is 705. The topological polar surface area (TPSA) is 68.8 Å². The molecule has 3 rings (SSSR count). The number of pyridine rings is 1. The second kappa shape index (κ2) is 5.21. The molecule has 1 atom stereocenters. The number of anilines is 2. The number of nitrogen functional groups attached to an aromatic ring is 1. The van der Waals surface area contributed by atoms with Crippen molar-refractivity contribution < 1.29 is 0 Å². The second-order valence-electron chi connectivity index (χ2n) is 4.91. The number of hydrogen-bond acceptors (Lipinski definition) is 4. The van der Waals surface area contributed by atoms with Crippen molar-refractivity contribution in [3.63, 3.8) is 0 Å². The highest BCUT2D eigenvalue weighted by molar-refractivity contribution is 5.92. The molecule has 0 bridgehead atoms. The number of rotatable bonds is 4. The van der Waals surface area contributed by atoms with Crippen LogP contribution in [0.25, 0.3) is 10.9 Å². The summed E-state index contributed by atoms with van der Waals surface area (Å²) in [6.07, 6.45) is 5.55. The first-order valence-corrected chi connectivity index (χ1v) is 6.60. The first-order valence-electron chi connectivity index (χ1n) is 6.60. The molecule has 0 radical (unpaired) electrons. The van der Waals surface area contributed by atoms with Crippen molar-refractivity contribution in [1.29, 1.82) is 0 Å². The van der Waals surface area contributed by atoms with E-state index in [1.54, 1.807) is 12.4 Å². The fraction of sp³-hybridized carbons (Fsp3) is 0.200. The van der Waals surface area contributed by atoms with Gasteiger partial charge in [0, 0.05) is 41.4 Å². The van der Waals surface area contributed by atoms with Crippen LogP contribution in [-0.4, -0.2) is 20.8 Å². The van der Waals surface area contributed by atoms with Gasteiger partial charge in [-0.2, -0.15) is 5.10 Å². The van der Waals surface area contributed by atoms with E-state index >= 15 is 0 Å². The van der Waals surface area contributed by atoms with Crippen molar-refractivity contribution in [2.24, 2.45) is 0 Å². The summed E-state index contributed by atoms with van der Waals surface area (Å²) in [7, 11) is 0. The molecule has 0 fully saturated rings. The van der Waals surface area contributed by atoms with Crippen LogP contribution < -0.4 is 11.1 Å². The normalized spacial score (nSPS) is 12.4. The Kier molecular flexibility index (Phi) is 3.25. The zero-order valence-corrected chi connectivity index (χ0v) is 11.3. The summed E-state index contributed by atoms with van der Waals surface area (Å²) in [4.78, 5) is 4.35. The fourth-order valence-electron chi connectivity index (χ4n) is 2.29. The van der Waals surface area contributed by atoms with Gasteiger partial charge in [0.15, 0.2) is 0 Å². The molecule has 3 N–H and O–H groups in total. The third kappa shape index (κ3) is 2.56. The highest BCUT2D eigenvalue weighted by atomic mass is 15.3. The van der Waals surface area contributed by atoms with Crippen LogP contribution in [-0.2, 0) is 6.54 Å². The maximum Gasteiger partial charge on any atom is 0.0743 e. The maximum atomic E-state index is 5.79. The van der Waals surface area contributed by atoms with Crippen LogP contribution in [0.3, 0.4) is 0 Å². The minimum absolute atomic E-state index is 0.262. The summed E-state index contributed by atoms with van der Waals surface area (Å²) >= 11 is 0. The third-order valence-corrected chi connectivity index (χ3v) is 3.19. The van der Waals surface area contributed by atoms with Gasteiger partial charge in [-0.25, -0.2) is 0 Å². The Hall–Kier alpha value is -2.56. The van der Waals surface area contributed by atoms with Crippen molar-refractivity contribution in [2.45, 2.75) is 19.5 Å². The van der Waals surface area contributed by atoms with E-state index in [1.807, 2.05) is 41.2 Å². The maximum absolute atomic E-state index is 5.79. The molecule has 0 spiro atoms. The lowest BCUT2D eigenvalue weighted by Crippen LogP contribution is -2.22. The molecule has 0 saturated heterocycles. The molecule has 102 valence electrons. The minimum Gasteiger partial charge on any atom is -0.399 e. The first-order chi connectivity index (χ1) is 9.72. The van der Waals surface area contributed by atoms with E-state index in [0.717, 1.165) is 28.8 Å². The molecule has 5 heteroatoms. The Morgan fingerprint density at radius 2 is 2.20 bits per heavy atom. The van der Waals surface area contributed by atoms with E-state index in [1.165, 1.54) is 0 Å². The highest BCUT2D eigenvalue weighted by Gasteiger charge is 2.07. The van der Waals surface area contributed by atoms with E-state index < -0.39 is 0 Å². The third-order valence-electron chi connectivity index (χ3n) is 3.19. The molecule has 0 aliphatic rings. The number of benzene rings is 1. The molecule has 0 saturated carbocycles. The fourth-order valence-corrected chi connectivity index (χ4v) is 2.29. The molecule has 1 aromatic carbocycles. The summed E-state index contributed by atoms with van der Waals surface area (Å²) in [5, 5.41) is 8.80. The first kappa shape index (κ1) is 12.5. The Morgan fingerprint density at radius 1 is 1.30 bits per heavy atom. The predicted octanol–water partition coefficient (Wildman–Crippen LogP) is 2.51. The molecule has 2 aromatic heterocycles. The number of fused-ring (bicyclic) bond motifs is 1. The zero-order valence-electron chi connectivity index (χ0n) is 11.3. The smallest absolute Gasteiger partial charge is 0.0743 e. The molecule has 20 heavy (non-hydrogen) atoms. The number of nitrogens with two attached hydrogens (primary N) is 1. The number of nitrogens with one attached hydrogen (secondary N) is 1. The molecule has 1 unspecified atom stereocenters. The van der Waals surface area contributed by atoms with Gasteiger partial charge >= 0.3 is 0 Å². The summed E-state index contributed by atoms with van der Waals surface area (Å²) < 4.78 is 1.92. The quantitative estimate of drug-likeness (QED) is 0.713. The van der Waals surface area contributed by atoms with E-state index in [0.29, 0.717) is 0 Å². The Labute approximate surface area is 117 Å². The summed E-state index contributed by atoms with van der Waals surface area (Å²) in [6.45, 7) is 2.94. The molecule has 2 heterocycles.